The van der Waals surface area contributed by atoms with Gasteiger partial charge in [-0.05, 0) is 26.0 Å². The van der Waals surface area contributed by atoms with Crippen LogP contribution in [0, 0.1) is 0 Å². The Kier molecular flexibility index (Phi) is 5.01. The zero-order valence-electron chi connectivity index (χ0n) is 19.8. The molecule has 6 heterocycles. The monoisotopic (exact) mass is 471 g/mol. The molecule has 0 bridgehead atoms. The van der Waals surface area contributed by atoms with Crippen LogP contribution in [0.15, 0.2) is 58.1 Å². The van der Waals surface area contributed by atoms with E-state index < -0.39 is 0 Å². The normalized spacial score (nSPS) is 17.5. The molecule has 1 saturated heterocycles. The first-order valence-electron chi connectivity index (χ1n) is 11.7. The van der Waals surface area contributed by atoms with Crippen LogP contribution in [0.4, 0.5) is 0 Å². The van der Waals surface area contributed by atoms with E-state index in [1.54, 1.807) is 21.6 Å². The summed E-state index contributed by atoms with van der Waals surface area (Å²) in [6.07, 6.45) is 12.3. The molecule has 0 aromatic carbocycles. The van der Waals surface area contributed by atoms with Crippen LogP contribution in [0.25, 0.3) is 44.6 Å². The molecule has 6 rings (SSSR count). The van der Waals surface area contributed by atoms with E-state index in [1.165, 1.54) is 0 Å². The second kappa shape index (κ2) is 8.23. The number of aryl methyl sites for hydroxylation is 2. The molecule has 5 aromatic heterocycles. The van der Waals surface area contributed by atoms with E-state index in [-0.39, 0.29) is 11.7 Å². The Hall–Kier alpha value is -4.21. The van der Waals surface area contributed by atoms with Crippen LogP contribution in [0.2, 0.25) is 0 Å². The summed E-state index contributed by atoms with van der Waals surface area (Å²) in [6.45, 7) is 5.30. The fraction of sp³-hybridized carbons (Fsp3) is 0.320. The summed E-state index contributed by atoms with van der Waals surface area (Å²) >= 11 is 0. The fourth-order valence-electron chi connectivity index (χ4n) is 4.73. The summed E-state index contributed by atoms with van der Waals surface area (Å²) in [6, 6.07) is 1.91. The summed E-state index contributed by atoms with van der Waals surface area (Å²) in [5, 5.41) is 9.41. The molecule has 5 aromatic rings. The third kappa shape index (κ3) is 3.52. The molecular weight excluding hydrogens is 446 g/mol. The Morgan fingerprint density at radius 2 is 2.00 bits per heavy atom. The van der Waals surface area contributed by atoms with Gasteiger partial charge in [-0.15, -0.1) is 0 Å². The van der Waals surface area contributed by atoms with Crippen LogP contribution in [-0.2, 0) is 18.3 Å². The number of aromatic nitrogens is 7. The zero-order chi connectivity index (χ0) is 24.1. The maximum Gasteiger partial charge on any atom is 0.349 e. The predicted octanol–water partition coefficient (Wildman–Crippen LogP) is 4.08. The number of hydrogen-bond donors (Lipinski definition) is 0. The summed E-state index contributed by atoms with van der Waals surface area (Å²) < 4.78 is 17.3. The predicted molar refractivity (Wildman–Crippen MR) is 131 cm³/mol. The van der Waals surface area contributed by atoms with E-state index >= 15 is 0 Å². The molecular formula is C25H25N7O3. The van der Waals surface area contributed by atoms with Crippen molar-refractivity contribution in [1.82, 2.24) is 34.1 Å². The summed E-state index contributed by atoms with van der Waals surface area (Å²) in [4.78, 5) is 22.6. The van der Waals surface area contributed by atoms with Crippen LogP contribution >= 0.6 is 0 Å². The molecule has 1 fully saturated rings. The minimum absolute atomic E-state index is 0.104. The maximum absolute atomic E-state index is 13.6. The summed E-state index contributed by atoms with van der Waals surface area (Å²) in [5.74, 6) is 0.872. The standard InChI is InChI=1S/C25H25N7O3/c1-4-19-9-18(6-7-34-19)32-22-20-8-15(16-11-28-31(5-2)14-16)10-26-24(20)35-23(22)21(29-25(32)33)17-12-27-30(3)13-17/h4,8,10-14,18H,5-7,9H2,1-3H3/b19-4+/t18-/m0/s1. The number of pyridine rings is 1. The highest BCUT2D eigenvalue weighted by Crippen LogP contribution is 2.37. The zero-order valence-corrected chi connectivity index (χ0v) is 19.8. The SMILES string of the molecule is C/C=C1\C[C@@H](n2c(=O)nc(-c3cnn(C)c3)c3oc4ncc(-c5cnn(CC)c5)cc4c32)CCO1. The number of hydrogen-bond acceptors (Lipinski definition) is 7. The number of rotatable bonds is 4. The van der Waals surface area contributed by atoms with Gasteiger partial charge in [-0.25, -0.2) is 9.78 Å². The highest BCUT2D eigenvalue weighted by atomic mass is 16.5. The fourth-order valence-corrected chi connectivity index (χ4v) is 4.73. The van der Waals surface area contributed by atoms with Crippen LogP contribution < -0.4 is 5.69 Å². The van der Waals surface area contributed by atoms with Gasteiger partial charge >= 0.3 is 5.69 Å². The number of allylic oxidation sites excluding steroid dienone is 2. The van der Waals surface area contributed by atoms with Gasteiger partial charge in [0.25, 0.3) is 0 Å². The molecule has 0 saturated carbocycles. The molecule has 178 valence electrons. The highest BCUT2D eigenvalue weighted by molar-refractivity contribution is 6.06. The van der Waals surface area contributed by atoms with Crippen LogP contribution in [0.1, 0.15) is 32.7 Å². The van der Waals surface area contributed by atoms with Gasteiger partial charge < -0.3 is 9.15 Å². The van der Waals surface area contributed by atoms with Crippen LogP contribution in [0.5, 0.6) is 0 Å². The topological polar surface area (TPSA) is 106 Å². The van der Waals surface area contributed by atoms with Gasteiger partial charge in [-0.2, -0.15) is 15.2 Å². The Bertz CT molecular complexity index is 1650. The molecule has 0 N–H and O–H groups in total. The van der Waals surface area contributed by atoms with Crippen molar-refractivity contribution in [2.45, 2.75) is 39.3 Å². The average molecular weight is 472 g/mol. The molecule has 0 amide bonds. The van der Waals surface area contributed by atoms with Crippen molar-refractivity contribution in [3.05, 3.63) is 59.4 Å². The highest BCUT2D eigenvalue weighted by Gasteiger charge is 2.28. The van der Waals surface area contributed by atoms with Crippen LogP contribution in [0.3, 0.4) is 0 Å². The van der Waals surface area contributed by atoms with Crippen LogP contribution in [-0.4, -0.2) is 40.7 Å². The van der Waals surface area contributed by atoms with Crippen molar-refractivity contribution in [1.29, 1.82) is 0 Å². The molecule has 0 spiro atoms. The van der Waals surface area contributed by atoms with Crippen molar-refractivity contribution in [3.8, 4) is 22.4 Å². The summed E-state index contributed by atoms with van der Waals surface area (Å²) in [7, 11) is 1.82. The first-order chi connectivity index (χ1) is 17.1. The number of furan rings is 1. The molecule has 35 heavy (non-hydrogen) atoms. The van der Waals surface area contributed by atoms with Gasteiger partial charge in [0.05, 0.1) is 30.1 Å². The minimum Gasteiger partial charge on any atom is -0.498 e. The lowest BCUT2D eigenvalue weighted by Gasteiger charge is -2.27. The number of nitrogens with zero attached hydrogens (tertiary/aromatic N) is 7. The lowest BCUT2D eigenvalue weighted by molar-refractivity contribution is 0.133. The van der Waals surface area contributed by atoms with E-state index in [0.717, 1.165) is 28.8 Å². The molecule has 1 atom stereocenters. The van der Waals surface area contributed by atoms with Gasteiger partial charge in [-0.3, -0.25) is 13.9 Å². The Morgan fingerprint density at radius 1 is 1.14 bits per heavy atom. The smallest absolute Gasteiger partial charge is 0.349 e. The van der Waals surface area contributed by atoms with E-state index in [1.807, 2.05) is 56.3 Å². The Morgan fingerprint density at radius 3 is 2.74 bits per heavy atom. The van der Waals surface area contributed by atoms with Gasteiger partial charge in [0.1, 0.15) is 11.2 Å². The van der Waals surface area contributed by atoms with E-state index in [9.17, 15) is 4.79 Å². The maximum atomic E-state index is 13.6. The van der Waals surface area contributed by atoms with E-state index in [0.29, 0.717) is 47.5 Å². The lowest BCUT2D eigenvalue weighted by Crippen LogP contribution is -2.30. The third-order valence-corrected chi connectivity index (χ3v) is 6.52. The van der Waals surface area contributed by atoms with E-state index in [2.05, 4.69) is 20.2 Å². The molecule has 0 radical (unpaired) electrons. The van der Waals surface area contributed by atoms with Crippen molar-refractivity contribution in [2.24, 2.45) is 7.05 Å². The van der Waals surface area contributed by atoms with Gasteiger partial charge in [0.15, 0.2) is 5.58 Å². The molecule has 1 aliphatic rings. The van der Waals surface area contributed by atoms with Crippen molar-refractivity contribution in [3.63, 3.8) is 0 Å². The second-order valence-corrected chi connectivity index (χ2v) is 8.71. The Balaban J connectivity index is 1.64. The third-order valence-electron chi connectivity index (χ3n) is 6.52. The van der Waals surface area contributed by atoms with Crippen molar-refractivity contribution < 1.29 is 9.15 Å². The Labute approximate surface area is 200 Å². The van der Waals surface area contributed by atoms with Gasteiger partial charge in [-0.1, -0.05) is 0 Å². The van der Waals surface area contributed by atoms with Crippen molar-refractivity contribution >= 4 is 22.2 Å². The quantitative estimate of drug-likeness (QED) is 0.389. The second-order valence-electron chi connectivity index (χ2n) is 8.71. The largest absolute Gasteiger partial charge is 0.498 e. The minimum atomic E-state index is -0.328. The average Bonchev–Trinajstić information content (AvgIpc) is 3.61. The van der Waals surface area contributed by atoms with Gasteiger partial charge in [0, 0.05) is 67.8 Å². The molecule has 1 aliphatic heterocycles. The molecule has 10 nitrogen and oxygen atoms in total. The number of ether oxygens (including phenoxy) is 1. The van der Waals surface area contributed by atoms with Crippen molar-refractivity contribution in [2.75, 3.05) is 6.61 Å². The molecule has 0 aliphatic carbocycles. The lowest BCUT2D eigenvalue weighted by atomic mass is 10.0. The number of fused-ring (bicyclic) bond motifs is 3. The van der Waals surface area contributed by atoms with Gasteiger partial charge in [0.2, 0.25) is 5.71 Å². The first kappa shape index (κ1) is 21.3. The summed E-state index contributed by atoms with van der Waals surface area (Å²) in [5.41, 5.74) is 4.38. The van der Waals surface area contributed by atoms with E-state index in [4.69, 9.17) is 9.15 Å². The molecule has 0 unspecified atom stereocenters. The first-order valence-corrected chi connectivity index (χ1v) is 11.7. The molecule has 10 heteroatoms.